The molecule has 0 aromatic carbocycles. The Morgan fingerprint density at radius 2 is 2.20 bits per heavy atom. The minimum atomic E-state index is 0.938. The van der Waals surface area contributed by atoms with E-state index in [0.717, 1.165) is 18.4 Å². The summed E-state index contributed by atoms with van der Waals surface area (Å²) >= 11 is 0. The van der Waals surface area contributed by atoms with Gasteiger partial charge in [0.2, 0.25) is 0 Å². The van der Waals surface area contributed by atoms with Crippen molar-refractivity contribution in [2.75, 3.05) is 0 Å². The minimum Gasteiger partial charge on any atom is -0.404 e. The van der Waals surface area contributed by atoms with Crippen molar-refractivity contribution in [3.63, 3.8) is 0 Å². The highest BCUT2D eigenvalue weighted by molar-refractivity contribution is 5.75. The van der Waals surface area contributed by atoms with Gasteiger partial charge in [0.15, 0.2) is 0 Å². The molecule has 0 spiro atoms. The molecule has 0 aliphatic heterocycles. The van der Waals surface area contributed by atoms with Gasteiger partial charge in [0.05, 0.1) is 0 Å². The largest absolute Gasteiger partial charge is 0.404 e. The van der Waals surface area contributed by atoms with Gasteiger partial charge in [-0.05, 0) is 24.6 Å². The normalized spacial score (nSPS) is 11.5. The van der Waals surface area contributed by atoms with Crippen molar-refractivity contribution in [3.8, 4) is 0 Å². The Morgan fingerprint density at radius 3 is 2.60 bits per heavy atom. The van der Waals surface area contributed by atoms with Gasteiger partial charge in [0, 0.05) is 6.21 Å². The van der Waals surface area contributed by atoms with Crippen molar-refractivity contribution in [3.05, 3.63) is 11.8 Å². The number of rotatable bonds is 5. The van der Waals surface area contributed by atoms with Crippen LogP contribution in [0.25, 0.3) is 0 Å². The molecule has 2 heteroatoms. The summed E-state index contributed by atoms with van der Waals surface area (Å²) in [7, 11) is 0. The molecule has 0 bridgehead atoms. The fourth-order valence-electron chi connectivity index (χ4n) is 0.783. The molecular formula is C8H16N2. The molecule has 10 heavy (non-hydrogen) atoms. The van der Waals surface area contributed by atoms with E-state index in [1.807, 2.05) is 0 Å². The predicted octanol–water partition coefficient (Wildman–Crippen LogP) is 2.06. The summed E-state index contributed by atoms with van der Waals surface area (Å²) in [5.74, 6) is 0. The first-order valence-electron chi connectivity index (χ1n) is 3.76. The highest BCUT2D eigenvalue weighted by Crippen LogP contribution is 2.04. The monoisotopic (exact) mass is 140 g/mol. The Hall–Kier alpha value is -0.790. The molecule has 0 amide bonds. The third-order valence-electron chi connectivity index (χ3n) is 1.47. The molecule has 0 aromatic rings. The summed E-state index contributed by atoms with van der Waals surface area (Å²) in [4.78, 5) is 0. The lowest BCUT2D eigenvalue weighted by atomic mass is 10.1. The molecule has 0 radical (unpaired) electrons. The molecule has 0 heterocycles. The van der Waals surface area contributed by atoms with E-state index in [2.05, 4.69) is 6.92 Å². The Balaban J connectivity index is 3.36. The van der Waals surface area contributed by atoms with E-state index in [-0.39, 0.29) is 0 Å². The Kier molecular flexibility index (Phi) is 5.83. The molecule has 0 aliphatic rings. The highest BCUT2D eigenvalue weighted by Gasteiger charge is 1.90. The molecule has 0 aromatic heterocycles. The molecule has 0 rings (SSSR count). The summed E-state index contributed by atoms with van der Waals surface area (Å²) in [6.07, 6.45) is 7.39. The van der Waals surface area contributed by atoms with Crippen molar-refractivity contribution >= 4 is 6.21 Å². The van der Waals surface area contributed by atoms with Crippen LogP contribution in [0.5, 0.6) is 0 Å². The first-order chi connectivity index (χ1) is 4.85. The molecule has 0 unspecified atom stereocenters. The van der Waals surface area contributed by atoms with Crippen molar-refractivity contribution in [1.82, 2.24) is 0 Å². The van der Waals surface area contributed by atoms with Crippen LogP contribution < -0.4 is 5.73 Å². The molecule has 0 atom stereocenters. The standard InChI is InChI=1S/C8H16N2/c1-2-3-4-5-8(6-9)7-10/h6-7,9H,2-5,10H2,1H3/b8-7-,9-6?. The van der Waals surface area contributed by atoms with Gasteiger partial charge < -0.3 is 11.1 Å². The smallest absolute Gasteiger partial charge is 0.0224 e. The van der Waals surface area contributed by atoms with Crippen molar-refractivity contribution < 1.29 is 0 Å². The van der Waals surface area contributed by atoms with E-state index in [1.165, 1.54) is 25.3 Å². The Morgan fingerprint density at radius 1 is 1.50 bits per heavy atom. The van der Waals surface area contributed by atoms with Crippen LogP contribution in [-0.2, 0) is 0 Å². The maximum atomic E-state index is 6.92. The molecule has 0 aliphatic carbocycles. The van der Waals surface area contributed by atoms with E-state index >= 15 is 0 Å². The van der Waals surface area contributed by atoms with Gasteiger partial charge in [-0.15, -0.1) is 0 Å². The maximum absolute atomic E-state index is 6.92. The summed E-state index contributed by atoms with van der Waals surface area (Å²) < 4.78 is 0. The third kappa shape index (κ3) is 4.13. The van der Waals surface area contributed by atoms with Crippen LogP contribution in [0.3, 0.4) is 0 Å². The Bertz CT molecular complexity index is 116. The van der Waals surface area contributed by atoms with Crippen molar-refractivity contribution in [2.24, 2.45) is 5.73 Å². The van der Waals surface area contributed by atoms with E-state index < -0.39 is 0 Å². The SMILES string of the molecule is CCCCC/C(C=N)=C/N. The first kappa shape index (κ1) is 9.21. The van der Waals surface area contributed by atoms with Crippen LogP contribution in [0.15, 0.2) is 11.8 Å². The van der Waals surface area contributed by atoms with Gasteiger partial charge in [-0.1, -0.05) is 19.8 Å². The lowest BCUT2D eigenvalue weighted by molar-refractivity contribution is 0.722. The lowest BCUT2D eigenvalue weighted by Gasteiger charge is -1.97. The van der Waals surface area contributed by atoms with Crippen LogP contribution in [-0.4, -0.2) is 6.21 Å². The summed E-state index contributed by atoms with van der Waals surface area (Å²) in [5.41, 5.74) is 6.19. The fraction of sp³-hybridized carbons (Fsp3) is 0.625. The van der Waals surface area contributed by atoms with E-state index in [9.17, 15) is 0 Å². The third-order valence-corrected chi connectivity index (χ3v) is 1.47. The number of hydrogen-bond acceptors (Lipinski definition) is 2. The molecule has 3 N–H and O–H groups in total. The number of allylic oxidation sites excluding steroid dienone is 1. The quantitative estimate of drug-likeness (QED) is 0.445. The van der Waals surface area contributed by atoms with Gasteiger partial charge in [-0.2, -0.15) is 0 Å². The topological polar surface area (TPSA) is 49.9 Å². The van der Waals surface area contributed by atoms with E-state index in [0.29, 0.717) is 0 Å². The number of hydrogen-bond donors (Lipinski definition) is 2. The van der Waals surface area contributed by atoms with Crippen LogP contribution in [0, 0.1) is 5.41 Å². The molecule has 0 saturated heterocycles. The molecular weight excluding hydrogens is 124 g/mol. The van der Waals surface area contributed by atoms with Gasteiger partial charge in [0.25, 0.3) is 0 Å². The summed E-state index contributed by atoms with van der Waals surface area (Å²) in [6, 6.07) is 0. The summed E-state index contributed by atoms with van der Waals surface area (Å²) in [5, 5.41) is 6.92. The zero-order valence-electron chi connectivity index (χ0n) is 6.56. The number of nitrogens with two attached hydrogens (primary N) is 1. The predicted molar refractivity (Wildman–Crippen MR) is 45.2 cm³/mol. The fourth-order valence-corrected chi connectivity index (χ4v) is 0.783. The van der Waals surface area contributed by atoms with Crippen LogP contribution in [0.4, 0.5) is 0 Å². The minimum absolute atomic E-state index is 0.938. The first-order valence-corrected chi connectivity index (χ1v) is 3.76. The van der Waals surface area contributed by atoms with Crippen LogP contribution >= 0.6 is 0 Å². The van der Waals surface area contributed by atoms with E-state index in [1.54, 1.807) is 0 Å². The second-order valence-electron chi connectivity index (χ2n) is 2.34. The second kappa shape index (κ2) is 6.33. The summed E-state index contributed by atoms with van der Waals surface area (Å²) in [6.45, 7) is 2.16. The highest BCUT2D eigenvalue weighted by atomic mass is 14.5. The zero-order valence-corrected chi connectivity index (χ0v) is 6.56. The number of nitrogens with one attached hydrogen (secondary N) is 1. The maximum Gasteiger partial charge on any atom is 0.0224 e. The zero-order chi connectivity index (χ0) is 7.82. The molecule has 58 valence electrons. The average molecular weight is 140 g/mol. The van der Waals surface area contributed by atoms with Crippen LogP contribution in [0.2, 0.25) is 0 Å². The average Bonchev–Trinajstić information content (AvgIpc) is 1.99. The molecule has 0 saturated carbocycles. The second-order valence-corrected chi connectivity index (χ2v) is 2.34. The van der Waals surface area contributed by atoms with Gasteiger partial charge in [-0.25, -0.2) is 0 Å². The van der Waals surface area contributed by atoms with Crippen molar-refractivity contribution in [2.45, 2.75) is 32.6 Å². The molecule has 0 fully saturated rings. The van der Waals surface area contributed by atoms with E-state index in [4.69, 9.17) is 11.1 Å². The molecule has 2 nitrogen and oxygen atoms in total. The van der Waals surface area contributed by atoms with Crippen LogP contribution in [0.1, 0.15) is 32.6 Å². The van der Waals surface area contributed by atoms with Gasteiger partial charge in [0.1, 0.15) is 0 Å². The van der Waals surface area contributed by atoms with Gasteiger partial charge in [-0.3, -0.25) is 0 Å². The van der Waals surface area contributed by atoms with Crippen molar-refractivity contribution in [1.29, 1.82) is 5.41 Å². The lowest BCUT2D eigenvalue weighted by Crippen LogP contribution is -1.90. The van der Waals surface area contributed by atoms with Gasteiger partial charge >= 0.3 is 0 Å². The number of unbranched alkanes of at least 4 members (excludes halogenated alkanes) is 2. The Labute approximate surface area is 62.6 Å².